The number of carboxylic acid groups (broad SMARTS) is 1. The van der Waals surface area contributed by atoms with Crippen LogP contribution in [0.4, 0.5) is 4.79 Å². The number of amides is 2. The van der Waals surface area contributed by atoms with E-state index in [0.29, 0.717) is 11.4 Å². The van der Waals surface area contributed by atoms with Crippen molar-refractivity contribution in [2.24, 2.45) is 10.8 Å². The lowest BCUT2D eigenvalue weighted by Gasteiger charge is -2.47. The van der Waals surface area contributed by atoms with Gasteiger partial charge in [-0.25, -0.2) is 4.79 Å². The van der Waals surface area contributed by atoms with Crippen molar-refractivity contribution in [2.75, 3.05) is 0 Å². The van der Waals surface area contributed by atoms with Crippen LogP contribution in [0.3, 0.4) is 0 Å². The molecule has 0 bridgehead atoms. The molecule has 2 N–H and O–H groups in total. The number of urea groups is 1. The number of benzene rings is 1. The summed E-state index contributed by atoms with van der Waals surface area (Å²) in [7, 11) is 0. The quantitative estimate of drug-likeness (QED) is 0.449. The molecule has 0 radical (unpaired) electrons. The highest BCUT2D eigenvalue weighted by Gasteiger charge is 2.45. The second kappa shape index (κ2) is 9.46. The summed E-state index contributed by atoms with van der Waals surface area (Å²) in [5.41, 5.74) is 1.93. The number of rotatable bonds is 8. The third kappa shape index (κ3) is 6.06. The average Bonchev–Trinajstić information content (AvgIpc) is 2.64. The van der Waals surface area contributed by atoms with Gasteiger partial charge in [-0.2, -0.15) is 0 Å². The third-order valence-electron chi connectivity index (χ3n) is 6.42. The zero-order valence-corrected chi connectivity index (χ0v) is 21.6. The summed E-state index contributed by atoms with van der Waals surface area (Å²) in [4.78, 5) is 25.9. The number of carbonyl (C=O) groups is 2. The first-order valence-corrected chi connectivity index (χ1v) is 11.8. The fourth-order valence-electron chi connectivity index (χ4n) is 4.26. The van der Waals surface area contributed by atoms with Crippen molar-refractivity contribution in [2.45, 2.75) is 92.7 Å². The summed E-state index contributed by atoms with van der Waals surface area (Å²) in [5.74, 6) is -0.827. The van der Waals surface area contributed by atoms with E-state index in [1.165, 1.54) is 0 Å². The number of carbonyl (C=O) groups excluding carboxylic acids is 1. The van der Waals surface area contributed by atoms with Gasteiger partial charge in [0.1, 0.15) is 0 Å². The minimum absolute atomic E-state index is 0.0202. The van der Waals surface area contributed by atoms with Crippen molar-refractivity contribution in [1.82, 2.24) is 10.2 Å². The Morgan fingerprint density at radius 1 is 1.19 bits per heavy atom. The molecule has 0 fully saturated rings. The van der Waals surface area contributed by atoms with Crippen LogP contribution < -0.4 is 5.32 Å². The fourth-order valence-corrected chi connectivity index (χ4v) is 4.54. The van der Waals surface area contributed by atoms with Crippen molar-refractivity contribution in [3.05, 3.63) is 46.1 Å². The van der Waals surface area contributed by atoms with Gasteiger partial charge in [0.2, 0.25) is 0 Å². The molecule has 1 unspecified atom stereocenters. The van der Waals surface area contributed by atoms with Crippen LogP contribution in [0.25, 0.3) is 0 Å². The van der Waals surface area contributed by atoms with Crippen molar-refractivity contribution in [1.29, 1.82) is 0 Å². The van der Waals surface area contributed by atoms with Crippen molar-refractivity contribution in [3.63, 3.8) is 0 Å². The number of nitrogens with zero attached hydrogens (tertiary/aromatic N) is 1. The van der Waals surface area contributed by atoms with Crippen molar-refractivity contribution in [3.8, 4) is 0 Å². The molecule has 2 rings (SSSR count). The van der Waals surface area contributed by atoms with Gasteiger partial charge < -0.3 is 10.4 Å². The number of hydrogen-bond donors (Lipinski definition) is 2. The summed E-state index contributed by atoms with van der Waals surface area (Å²) in [6, 6.07) is 5.85. The Hall–Kier alpha value is -2.01. The SMILES string of the molecule is CC(C)N1C=C(C(C)(C)CCC(=O)O)C(C)(c2ccc(CCC(C)(C)C)c(Cl)c2)NC1=O. The number of aliphatic carboxylic acids is 1. The highest BCUT2D eigenvalue weighted by atomic mass is 35.5. The van der Waals surface area contributed by atoms with E-state index in [2.05, 4.69) is 32.2 Å². The molecule has 1 heterocycles. The smallest absolute Gasteiger partial charge is 0.322 e. The van der Waals surface area contributed by atoms with Crippen LogP contribution in [0.5, 0.6) is 0 Å². The fraction of sp³-hybridized carbons (Fsp3) is 0.615. The molecule has 1 aromatic rings. The van der Waals surface area contributed by atoms with E-state index in [1.54, 1.807) is 4.90 Å². The Bertz CT molecular complexity index is 899. The Labute approximate surface area is 198 Å². The maximum Gasteiger partial charge on any atom is 0.322 e. The molecule has 6 heteroatoms. The van der Waals surface area contributed by atoms with Crippen molar-refractivity contribution >= 4 is 23.6 Å². The van der Waals surface area contributed by atoms with E-state index in [4.69, 9.17) is 11.6 Å². The second-order valence-corrected chi connectivity index (χ2v) is 11.7. The van der Waals surface area contributed by atoms with Gasteiger partial charge in [-0.15, -0.1) is 0 Å². The Morgan fingerprint density at radius 2 is 1.81 bits per heavy atom. The summed E-state index contributed by atoms with van der Waals surface area (Å²) in [5, 5.41) is 13.2. The van der Waals surface area contributed by atoms with Gasteiger partial charge in [-0.1, -0.05) is 58.4 Å². The van der Waals surface area contributed by atoms with Gasteiger partial charge in [-0.3, -0.25) is 9.69 Å². The van der Waals surface area contributed by atoms with Gasteiger partial charge in [0.15, 0.2) is 0 Å². The van der Waals surface area contributed by atoms with Crippen LogP contribution in [0.1, 0.15) is 85.8 Å². The summed E-state index contributed by atoms with van der Waals surface area (Å²) in [6.45, 7) is 16.6. The van der Waals surface area contributed by atoms with E-state index < -0.39 is 16.9 Å². The lowest BCUT2D eigenvalue weighted by molar-refractivity contribution is -0.137. The minimum Gasteiger partial charge on any atom is -0.481 e. The van der Waals surface area contributed by atoms with Gasteiger partial charge in [-0.05, 0) is 73.6 Å². The number of nitrogens with one attached hydrogen (secondary N) is 1. The van der Waals surface area contributed by atoms with Crippen LogP contribution in [-0.2, 0) is 16.8 Å². The van der Waals surface area contributed by atoms with E-state index in [0.717, 1.165) is 29.5 Å². The molecule has 32 heavy (non-hydrogen) atoms. The predicted molar refractivity (Wildman–Crippen MR) is 131 cm³/mol. The molecule has 0 aliphatic carbocycles. The largest absolute Gasteiger partial charge is 0.481 e. The average molecular weight is 463 g/mol. The molecule has 1 aliphatic heterocycles. The maximum absolute atomic E-state index is 13.0. The molecule has 1 aromatic carbocycles. The van der Waals surface area contributed by atoms with Crippen LogP contribution >= 0.6 is 11.6 Å². The van der Waals surface area contributed by atoms with Crippen molar-refractivity contribution < 1.29 is 14.7 Å². The summed E-state index contributed by atoms with van der Waals surface area (Å²) >= 11 is 6.70. The molecule has 2 amide bonds. The van der Waals surface area contributed by atoms with Crippen LogP contribution in [0.2, 0.25) is 5.02 Å². The lowest BCUT2D eigenvalue weighted by atomic mass is 9.68. The number of carboxylic acids is 1. The first-order valence-electron chi connectivity index (χ1n) is 11.4. The first-order chi connectivity index (χ1) is 14.6. The zero-order chi connectivity index (χ0) is 24.5. The highest BCUT2D eigenvalue weighted by Crippen LogP contribution is 2.46. The molecule has 1 atom stereocenters. The van der Waals surface area contributed by atoms with Gasteiger partial charge in [0.05, 0.1) is 5.54 Å². The zero-order valence-electron chi connectivity index (χ0n) is 20.8. The minimum atomic E-state index is -0.827. The molecule has 0 aromatic heterocycles. The summed E-state index contributed by atoms with van der Waals surface area (Å²) in [6.07, 6.45) is 4.34. The van der Waals surface area contributed by atoms with E-state index in [-0.39, 0.29) is 23.9 Å². The molecular formula is C26H39ClN2O3. The maximum atomic E-state index is 13.0. The second-order valence-electron chi connectivity index (χ2n) is 11.2. The number of halogens is 1. The molecule has 0 saturated carbocycles. The van der Waals surface area contributed by atoms with Crippen LogP contribution in [0, 0.1) is 10.8 Å². The van der Waals surface area contributed by atoms with Crippen LogP contribution in [-0.4, -0.2) is 28.0 Å². The standard InChI is InChI=1S/C26H39ClN2O3/c1-17(2)29-16-21(25(6,7)14-12-22(30)31)26(8,28-23(29)32)19-10-9-18(20(27)15-19)11-13-24(3,4)5/h9-10,15-17H,11-14H2,1-8H3,(H,28,32)(H,30,31). The molecule has 0 saturated heterocycles. The van der Waals surface area contributed by atoms with Gasteiger partial charge >= 0.3 is 12.0 Å². The molecule has 0 spiro atoms. The summed E-state index contributed by atoms with van der Waals surface area (Å²) < 4.78 is 0. The third-order valence-corrected chi connectivity index (χ3v) is 6.77. The van der Waals surface area contributed by atoms with E-state index >= 15 is 0 Å². The molecule has 178 valence electrons. The Balaban J connectivity index is 2.52. The molecular weight excluding hydrogens is 424 g/mol. The first kappa shape index (κ1) is 26.2. The topological polar surface area (TPSA) is 69.6 Å². The molecule has 5 nitrogen and oxygen atoms in total. The monoisotopic (exact) mass is 462 g/mol. The number of aryl methyl sites for hydroxylation is 1. The molecule has 1 aliphatic rings. The normalized spacial score (nSPS) is 19.8. The Morgan fingerprint density at radius 3 is 2.31 bits per heavy atom. The van der Waals surface area contributed by atoms with E-state index in [1.807, 2.05) is 53.0 Å². The highest BCUT2D eigenvalue weighted by molar-refractivity contribution is 6.31. The van der Waals surface area contributed by atoms with Gasteiger partial charge in [0.25, 0.3) is 0 Å². The van der Waals surface area contributed by atoms with E-state index in [9.17, 15) is 14.7 Å². The van der Waals surface area contributed by atoms with Crippen LogP contribution in [0.15, 0.2) is 30.0 Å². The Kier molecular flexibility index (Phi) is 7.76. The lowest BCUT2D eigenvalue weighted by Crippen LogP contribution is -2.57. The predicted octanol–water partition coefficient (Wildman–Crippen LogP) is 6.74. The van der Waals surface area contributed by atoms with Gasteiger partial charge in [0, 0.05) is 23.7 Å². The number of hydrogen-bond acceptors (Lipinski definition) is 2.